The number of hydrogen-bond acceptors (Lipinski definition) is 6. The highest BCUT2D eigenvalue weighted by Crippen LogP contribution is 2.32. The SMILES string of the molecule is CCOC(=O)c1ccc(N2C(=O)C(=CNN=C(c3ccccc3)c3ccccc3)c3ccccc3C2=O)cc1. The van der Waals surface area contributed by atoms with Crippen molar-refractivity contribution in [1.29, 1.82) is 0 Å². The molecular weight excluding hydrogens is 490 g/mol. The number of carbonyl (C=O) groups is 3. The monoisotopic (exact) mass is 515 g/mol. The van der Waals surface area contributed by atoms with Crippen molar-refractivity contribution in [3.8, 4) is 0 Å². The lowest BCUT2D eigenvalue weighted by Crippen LogP contribution is -2.42. The van der Waals surface area contributed by atoms with E-state index in [-0.39, 0.29) is 12.2 Å². The first-order valence-corrected chi connectivity index (χ1v) is 12.5. The number of anilines is 1. The molecule has 0 fully saturated rings. The highest BCUT2D eigenvalue weighted by molar-refractivity contribution is 6.41. The Morgan fingerprint density at radius 1 is 0.744 bits per heavy atom. The van der Waals surface area contributed by atoms with E-state index in [0.717, 1.165) is 16.0 Å². The molecule has 7 heteroatoms. The number of fused-ring (bicyclic) bond motifs is 1. The average Bonchev–Trinajstić information content (AvgIpc) is 2.98. The van der Waals surface area contributed by atoms with Crippen molar-refractivity contribution in [2.75, 3.05) is 11.5 Å². The summed E-state index contributed by atoms with van der Waals surface area (Å²) in [6.45, 7) is 1.98. The second-order valence-corrected chi connectivity index (χ2v) is 8.64. The molecule has 0 spiro atoms. The summed E-state index contributed by atoms with van der Waals surface area (Å²) in [6.07, 6.45) is 1.51. The van der Waals surface area contributed by atoms with Crippen molar-refractivity contribution in [3.63, 3.8) is 0 Å². The molecule has 2 amide bonds. The Hall–Kier alpha value is -5.30. The number of carbonyl (C=O) groups excluding carboxylic acids is 3. The molecule has 7 nitrogen and oxygen atoms in total. The molecule has 1 N–H and O–H groups in total. The van der Waals surface area contributed by atoms with Gasteiger partial charge < -0.3 is 4.74 Å². The highest BCUT2D eigenvalue weighted by atomic mass is 16.5. The third-order valence-electron chi connectivity index (χ3n) is 6.20. The van der Waals surface area contributed by atoms with Gasteiger partial charge in [-0.3, -0.25) is 15.0 Å². The maximum atomic E-state index is 13.7. The van der Waals surface area contributed by atoms with Gasteiger partial charge >= 0.3 is 5.97 Å². The topological polar surface area (TPSA) is 88.1 Å². The Morgan fingerprint density at radius 3 is 1.90 bits per heavy atom. The number of hydrazone groups is 1. The molecule has 1 aliphatic rings. The summed E-state index contributed by atoms with van der Waals surface area (Å²) in [6, 6.07) is 32.6. The van der Waals surface area contributed by atoms with Crippen molar-refractivity contribution in [2.24, 2.45) is 5.10 Å². The summed E-state index contributed by atoms with van der Waals surface area (Å²) in [5, 5.41) is 4.61. The van der Waals surface area contributed by atoms with Crippen LogP contribution in [-0.2, 0) is 9.53 Å². The van der Waals surface area contributed by atoms with E-state index < -0.39 is 17.8 Å². The molecule has 192 valence electrons. The average molecular weight is 516 g/mol. The zero-order valence-corrected chi connectivity index (χ0v) is 21.2. The van der Waals surface area contributed by atoms with Crippen LogP contribution >= 0.6 is 0 Å². The van der Waals surface area contributed by atoms with E-state index in [0.29, 0.717) is 28.1 Å². The van der Waals surface area contributed by atoms with Gasteiger partial charge in [0.25, 0.3) is 11.8 Å². The number of amides is 2. The van der Waals surface area contributed by atoms with Crippen LogP contribution in [0.2, 0.25) is 0 Å². The van der Waals surface area contributed by atoms with Gasteiger partial charge in [0.05, 0.1) is 29.1 Å². The van der Waals surface area contributed by atoms with Crippen LogP contribution in [0.1, 0.15) is 44.3 Å². The molecule has 5 rings (SSSR count). The highest BCUT2D eigenvalue weighted by Gasteiger charge is 2.35. The Balaban J connectivity index is 1.52. The van der Waals surface area contributed by atoms with Gasteiger partial charge in [-0.15, -0.1) is 0 Å². The van der Waals surface area contributed by atoms with Crippen molar-refractivity contribution < 1.29 is 19.1 Å². The van der Waals surface area contributed by atoms with Crippen molar-refractivity contribution in [1.82, 2.24) is 5.43 Å². The molecule has 4 aromatic carbocycles. The second kappa shape index (κ2) is 11.4. The van der Waals surface area contributed by atoms with Crippen LogP contribution in [0.3, 0.4) is 0 Å². The maximum Gasteiger partial charge on any atom is 0.338 e. The van der Waals surface area contributed by atoms with E-state index >= 15 is 0 Å². The smallest absolute Gasteiger partial charge is 0.338 e. The first-order valence-electron chi connectivity index (χ1n) is 12.5. The fraction of sp³-hybridized carbons (Fsp3) is 0.0625. The summed E-state index contributed by atoms with van der Waals surface area (Å²) in [5.74, 6) is -1.43. The number of esters is 1. The molecule has 0 bridgehead atoms. The number of hydrogen-bond donors (Lipinski definition) is 1. The molecule has 39 heavy (non-hydrogen) atoms. The minimum atomic E-state index is -0.508. The summed E-state index contributed by atoms with van der Waals surface area (Å²) in [5.41, 5.74) is 7.32. The van der Waals surface area contributed by atoms with Crippen LogP contribution < -0.4 is 10.3 Å². The molecule has 1 aliphatic heterocycles. The van der Waals surface area contributed by atoms with Gasteiger partial charge in [0.1, 0.15) is 0 Å². The fourth-order valence-corrected chi connectivity index (χ4v) is 4.34. The van der Waals surface area contributed by atoms with Gasteiger partial charge in [0.15, 0.2) is 0 Å². The lowest BCUT2D eigenvalue weighted by atomic mass is 9.93. The molecule has 0 radical (unpaired) electrons. The number of ether oxygens (including phenoxy) is 1. The van der Waals surface area contributed by atoms with Crippen LogP contribution in [-0.4, -0.2) is 30.1 Å². The van der Waals surface area contributed by atoms with Crippen LogP contribution in [0.4, 0.5) is 5.69 Å². The molecule has 0 saturated carbocycles. The molecular formula is C32H25N3O4. The van der Waals surface area contributed by atoms with E-state index in [2.05, 4.69) is 10.5 Å². The van der Waals surface area contributed by atoms with Crippen LogP contribution in [0.15, 0.2) is 120 Å². The third kappa shape index (κ3) is 5.24. The molecule has 0 atom stereocenters. The number of nitrogens with zero attached hydrogens (tertiary/aromatic N) is 2. The van der Waals surface area contributed by atoms with E-state index in [1.807, 2.05) is 60.7 Å². The molecule has 0 aromatic heterocycles. The standard InChI is InChI=1S/C32H25N3O4/c1-2-39-32(38)24-17-19-25(20-18-24)35-30(36)27-16-10-9-15-26(27)28(31(35)37)21-33-34-29(22-11-5-3-6-12-22)23-13-7-4-8-14-23/h3-21,33H,2H2,1H3. The Labute approximate surface area is 226 Å². The summed E-state index contributed by atoms with van der Waals surface area (Å²) >= 11 is 0. The third-order valence-corrected chi connectivity index (χ3v) is 6.20. The first-order chi connectivity index (χ1) is 19.1. The zero-order chi connectivity index (χ0) is 27.2. The Bertz CT molecular complexity index is 1540. The lowest BCUT2D eigenvalue weighted by Gasteiger charge is -2.28. The van der Waals surface area contributed by atoms with Gasteiger partial charge in [0, 0.05) is 28.5 Å². The number of nitrogens with one attached hydrogen (secondary N) is 1. The molecule has 0 aliphatic carbocycles. The predicted octanol–water partition coefficient (Wildman–Crippen LogP) is 5.43. The summed E-state index contributed by atoms with van der Waals surface area (Å²) in [4.78, 5) is 40.2. The largest absolute Gasteiger partial charge is 0.462 e. The molecule has 0 saturated heterocycles. The van der Waals surface area contributed by atoms with Crippen molar-refractivity contribution in [2.45, 2.75) is 6.92 Å². The van der Waals surface area contributed by atoms with Gasteiger partial charge in [0.2, 0.25) is 0 Å². The maximum absolute atomic E-state index is 13.7. The first kappa shape index (κ1) is 25.4. The van der Waals surface area contributed by atoms with Crippen molar-refractivity contribution in [3.05, 3.63) is 143 Å². The number of imide groups is 1. The normalized spacial score (nSPS) is 13.6. The Morgan fingerprint density at radius 2 is 1.31 bits per heavy atom. The van der Waals surface area contributed by atoms with Gasteiger partial charge in [-0.2, -0.15) is 5.10 Å². The molecule has 0 unspecified atom stereocenters. The number of benzene rings is 4. The van der Waals surface area contributed by atoms with E-state index in [4.69, 9.17) is 4.74 Å². The van der Waals surface area contributed by atoms with Gasteiger partial charge in [-0.25, -0.2) is 9.69 Å². The van der Waals surface area contributed by atoms with Crippen molar-refractivity contribution >= 4 is 34.8 Å². The van der Waals surface area contributed by atoms with Crippen LogP contribution in [0, 0.1) is 0 Å². The summed E-state index contributed by atoms with van der Waals surface area (Å²) < 4.78 is 5.03. The van der Waals surface area contributed by atoms with E-state index in [1.165, 1.54) is 18.3 Å². The fourth-order valence-electron chi connectivity index (χ4n) is 4.34. The predicted molar refractivity (Wildman–Crippen MR) is 150 cm³/mol. The quantitative estimate of drug-likeness (QED) is 0.117. The second-order valence-electron chi connectivity index (χ2n) is 8.64. The zero-order valence-electron chi connectivity index (χ0n) is 21.2. The van der Waals surface area contributed by atoms with E-state index in [1.54, 1.807) is 43.3 Å². The van der Waals surface area contributed by atoms with E-state index in [9.17, 15) is 14.4 Å². The van der Waals surface area contributed by atoms with Crippen LogP contribution in [0.5, 0.6) is 0 Å². The minimum absolute atomic E-state index is 0.250. The molecule has 1 heterocycles. The molecule has 4 aromatic rings. The summed E-state index contributed by atoms with van der Waals surface area (Å²) in [7, 11) is 0. The van der Waals surface area contributed by atoms with Gasteiger partial charge in [-0.1, -0.05) is 78.9 Å². The Kier molecular flexibility index (Phi) is 7.41. The van der Waals surface area contributed by atoms with Crippen LogP contribution in [0.25, 0.3) is 5.57 Å². The number of rotatable bonds is 7. The lowest BCUT2D eigenvalue weighted by molar-refractivity contribution is -0.112. The van der Waals surface area contributed by atoms with Gasteiger partial charge in [-0.05, 0) is 37.3 Å². The minimum Gasteiger partial charge on any atom is -0.462 e.